The van der Waals surface area contributed by atoms with E-state index in [0.29, 0.717) is 28.9 Å². The molecule has 2 heterocycles. The molecule has 3 N–H and O–H groups in total. The van der Waals surface area contributed by atoms with E-state index in [1.54, 1.807) is 0 Å². The number of nitrogens with one attached hydrogen (secondary N) is 1. The Hall–Kier alpha value is -3.25. The maximum Gasteiger partial charge on any atom is 0.235 e. The Morgan fingerprint density at radius 2 is 1.90 bits per heavy atom. The van der Waals surface area contributed by atoms with Crippen molar-refractivity contribution < 1.29 is 4.79 Å². The highest BCUT2D eigenvalue weighted by Crippen LogP contribution is 2.28. The molecule has 0 atom stereocenters. The van der Waals surface area contributed by atoms with Crippen LogP contribution in [0.2, 0.25) is 0 Å². The highest BCUT2D eigenvalue weighted by atomic mass is 32.2. The van der Waals surface area contributed by atoms with E-state index in [9.17, 15) is 10.1 Å². The van der Waals surface area contributed by atoms with Gasteiger partial charge in [-0.05, 0) is 25.0 Å². The second-order valence-corrected chi connectivity index (χ2v) is 9.32. The van der Waals surface area contributed by atoms with Crippen LogP contribution >= 0.6 is 11.8 Å². The first kappa shape index (κ1) is 22.4. The lowest BCUT2D eigenvalue weighted by Crippen LogP contribution is -2.24. The lowest BCUT2D eigenvalue weighted by molar-refractivity contribution is -0.113. The minimum absolute atomic E-state index is 0.0962. The lowest BCUT2D eigenvalue weighted by atomic mass is 9.96. The summed E-state index contributed by atoms with van der Waals surface area (Å²) in [6.07, 6.45) is 0. The number of hydrogen-bond donors (Lipinski definition) is 2. The van der Waals surface area contributed by atoms with Gasteiger partial charge in [0.25, 0.3) is 0 Å². The van der Waals surface area contributed by atoms with Crippen molar-refractivity contribution in [2.45, 2.75) is 51.7 Å². The molecule has 0 fully saturated rings. The van der Waals surface area contributed by atoms with Gasteiger partial charge in [0.2, 0.25) is 11.1 Å². The number of nitrogens with two attached hydrogens (primary N) is 1. The van der Waals surface area contributed by atoms with Crippen LogP contribution in [0.5, 0.6) is 0 Å². The summed E-state index contributed by atoms with van der Waals surface area (Å²) in [5.41, 5.74) is 3.11. The monoisotopic (exact) mass is 437 g/mol. The van der Waals surface area contributed by atoms with Gasteiger partial charge in [0.1, 0.15) is 11.9 Å². The fourth-order valence-electron chi connectivity index (χ4n) is 3.28. The van der Waals surface area contributed by atoms with Crippen LogP contribution in [0.25, 0.3) is 0 Å². The van der Waals surface area contributed by atoms with Gasteiger partial charge in [0.05, 0.1) is 11.3 Å². The molecule has 0 radical (unpaired) electrons. The molecular formula is C22H27N7OS. The van der Waals surface area contributed by atoms with E-state index in [4.69, 9.17) is 5.84 Å². The molecule has 1 aromatic carbocycles. The van der Waals surface area contributed by atoms with Gasteiger partial charge < -0.3 is 15.7 Å². The molecule has 0 saturated heterocycles. The molecule has 1 amide bonds. The maximum absolute atomic E-state index is 12.7. The van der Waals surface area contributed by atoms with Gasteiger partial charge in [-0.3, -0.25) is 4.79 Å². The average Bonchev–Trinajstić information content (AvgIpc) is 3.20. The van der Waals surface area contributed by atoms with E-state index >= 15 is 0 Å². The number of nitriles is 1. The molecule has 0 aliphatic carbocycles. The van der Waals surface area contributed by atoms with Gasteiger partial charge in [-0.25, -0.2) is 4.68 Å². The average molecular weight is 438 g/mol. The summed E-state index contributed by atoms with van der Waals surface area (Å²) >= 11 is 1.21. The second-order valence-electron chi connectivity index (χ2n) is 8.38. The second kappa shape index (κ2) is 8.86. The molecule has 8 nitrogen and oxygen atoms in total. The molecule has 2 aromatic heterocycles. The molecule has 162 valence electrons. The summed E-state index contributed by atoms with van der Waals surface area (Å²) in [6, 6.07) is 12.2. The van der Waals surface area contributed by atoms with E-state index in [0.717, 1.165) is 16.8 Å². The Kier molecular flexibility index (Phi) is 6.41. The van der Waals surface area contributed by atoms with Gasteiger partial charge in [-0.2, -0.15) is 5.26 Å². The summed E-state index contributed by atoms with van der Waals surface area (Å²) in [5.74, 6) is 7.11. The first-order valence-corrected chi connectivity index (χ1v) is 10.9. The normalized spacial score (nSPS) is 11.4. The van der Waals surface area contributed by atoms with Crippen molar-refractivity contribution in [2.75, 3.05) is 16.9 Å². The maximum atomic E-state index is 12.7. The van der Waals surface area contributed by atoms with Crippen LogP contribution in [0.3, 0.4) is 0 Å². The number of thioether (sulfide) groups is 1. The number of benzene rings is 1. The summed E-state index contributed by atoms with van der Waals surface area (Å²) in [6.45, 7) is 10.4. The number of carbonyl (C=O) groups excluding carboxylic acids is 1. The van der Waals surface area contributed by atoms with Crippen molar-refractivity contribution in [3.05, 3.63) is 58.5 Å². The summed E-state index contributed by atoms with van der Waals surface area (Å²) in [7, 11) is 0. The molecule has 0 aliphatic heterocycles. The number of anilines is 1. The third kappa shape index (κ3) is 4.75. The summed E-state index contributed by atoms with van der Waals surface area (Å²) in [5, 5.41) is 21.3. The van der Waals surface area contributed by atoms with E-state index in [1.165, 1.54) is 16.4 Å². The summed E-state index contributed by atoms with van der Waals surface area (Å²) in [4.78, 5) is 12.7. The van der Waals surface area contributed by atoms with Crippen LogP contribution in [0.15, 0.2) is 35.5 Å². The van der Waals surface area contributed by atoms with Crippen LogP contribution in [0.1, 0.15) is 49.0 Å². The van der Waals surface area contributed by atoms with Crippen molar-refractivity contribution in [3.8, 4) is 6.07 Å². The number of hydrogen-bond acceptors (Lipinski definition) is 6. The van der Waals surface area contributed by atoms with Gasteiger partial charge in [-0.1, -0.05) is 62.9 Å². The molecule has 3 aromatic rings. The third-order valence-corrected chi connectivity index (χ3v) is 5.99. The zero-order chi connectivity index (χ0) is 22.8. The number of aromatic nitrogens is 4. The fraction of sp³-hybridized carbons (Fsp3) is 0.364. The zero-order valence-corrected chi connectivity index (χ0v) is 19.2. The van der Waals surface area contributed by atoms with Crippen LogP contribution in [-0.2, 0) is 16.8 Å². The highest BCUT2D eigenvalue weighted by molar-refractivity contribution is 7.99. The van der Waals surface area contributed by atoms with Crippen molar-refractivity contribution in [1.82, 2.24) is 19.4 Å². The standard InChI is InChI=1S/C22H27N7OS/c1-14-15(2)28(12-16-9-7-6-8-10-16)19(17(14)11-23)25-18(30)13-31-21-27-26-20(29(21)24)22(3,4)5/h6-10H,12-13,24H2,1-5H3,(H,25,30). The van der Waals surface area contributed by atoms with Crippen LogP contribution < -0.4 is 11.2 Å². The van der Waals surface area contributed by atoms with Gasteiger partial charge in [-0.15, -0.1) is 10.2 Å². The van der Waals surface area contributed by atoms with Crippen LogP contribution in [-0.4, -0.2) is 31.1 Å². The Labute approximate surface area is 186 Å². The number of nitrogens with zero attached hydrogens (tertiary/aromatic N) is 5. The van der Waals surface area contributed by atoms with Gasteiger partial charge >= 0.3 is 0 Å². The van der Waals surface area contributed by atoms with Crippen molar-refractivity contribution in [2.24, 2.45) is 0 Å². The number of carbonyl (C=O) groups is 1. The van der Waals surface area contributed by atoms with E-state index in [2.05, 4.69) is 21.6 Å². The van der Waals surface area contributed by atoms with Gasteiger partial charge in [0, 0.05) is 17.7 Å². The number of amides is 1. The predicted molar refractivity (Wildman–Crippen MR) is 122 cm³/mol. The molecule has 0 bridgehead atoms. The summed E-state index contributed by atoms with van der Waals surface area (Å²) < 4.78 is 3.39. The third-order valence-electron chi connectivity index (χ3n) is 5.05. The molecule has 3 rings (SSSR count). The molecule has 0 aliphatic rings. The lowest BCUT2D eigenvalue weighted by Gasteiger charge is -2.16. The fourth-order valence-corrected chi connectivity index (χ4v) is 3.94. The Bertz CT molecular complexity index is 1130. The zero-order valence-electron chi connectivity index (χ0n) is 18.4. The van der Waals surface area contributed by atoms with Crippen molar-refractivity contribution in [1.29, 1.82) is 5.26 Å². The molecular weight excluding hydrogens is 410 g/mol. The molecule has 0 saturated carbocycles. The Morgan fingerprint density at radius 1 is 1.23 bits per heavy atom. The first-order valence-electron chi connectivity index (χ1n) is 9.90. The largest absolute Gasteiger partial charge is 0.336 e. The minimum atomic E-state index is -0.252. The molecule has 0 spiro atoms. The van der Waals surface area contributed by atoms with E-state index in [1.807, 2.05) is 69.5 Å². The SMILES string of the molecule is Cc1c(C#N)c(NC(=O)CSc2nnc(C(C)(C)C)n2N)n(Cc2ccccc2)c1C. The topological polar surface area (TPSA) is 115 Å². The van der Waals surface area contributed by atoms with Crippen molar-refractivity contribution in [3.63, 3.8) is 0 Å². The number of rotatable bonds is 6. The Balaban J connectivity index is 1.79. The highest BCUT2D eigenvalue weighted by Gasteiger charge is 2.24. The predicted octanol–water partition coefficient (Wildman–Crippen LogP) is 3.36. The molecule has 9 heteroatoms. The molecule has 0 unspecified atom stereocenters. The molecule has 31 heavy (non-hydrogen) atoms. The quantitative estimate of drug-likeness (QED) is 0.451. The minimum Gasteiger partial charge on any atom is -0.336 e. The Morgan fingerprint density at radius 3 is 2.48 bits per heavy atom. The van der Waals surface area contributed by atoms with Crippen LogP contribution in [0.4, 0.5) is 5.82 Å². The van der Waals surface area contributed by atoms with Crippen molar-refractivity contribution >= 4 is 23.5 Å². The smallest absolute Gasteiger partial charge is 0.235 e. The van der Waals surface area contributed by atoms with Crippen LogP contribution in [0, 0.1) is 25.2 Å². The van der Waals surface area contributed by atoms with E-state index in [-0.39, 0.29) is 17.1 Å². The van der Waals surface area contributed by atoms with Gasteiger partial charge in [0.15, 0.2) is 5.82 Å². The van der Waals surface area contributed by atoms with E-state index < -0.39 is 0 Å². The first-order chi connectivity index (χ1) is 14.6. The number of nitrogen functional groups attached to an aromatic ring is 1.